The molecule has 0 fully saturated rings. The number of carboxylic acid groups (broad SMARTS) is 2. The molecule has 166 valence electrons. The van der Waals surface area contributed by atoms with E-state index in [1.165, 1.54) is 18.3 Å². The molecule has 13 heteroatoms. The second-order valence-corrected chi connectivity index (χ2v) is 6.71. The van der Waals surface area contributed by atoms with Gasteiger partial charge < -0.3 is 31.6 Å². The van der Waals surface area contributed by atoms with E-state index in [1.54, 1.807) is 12.1 Å². The third-order valence-electron chi connectivity index (χ3n) is 4.36. The second-order valence-electron chi connectivity index (χ2n) is 6.71. The first-order valence-corrected chi connectivity index (χ1v) is 9.33. The molecule has 0 bridgehead atoms. The number of nitrogens with one attached hydrogen (secondary N) is 3. The minimum absolute atomic E-state index is 0. The predicted molar refractivity (Wildman–Crippen MR) is 116 cm³/mol. The van der Waals surface area contributed by atoms with Gasteiger partial charge in [-0.05, 0) is 30.7 Å². The van der Waals surface area contributed by atoms with E-state index in [4.69, 9.17) is 15.9 Å². The summed E-state index contributed by atoms with van der Waals surface area (Å²) in [7, 11) is 0. The van der Waals surface area contributed by atoms with Crippen molar-refractivity contribution in [2.45, 2.75) is 25.4 Å². The summed E-state index contributed by atoms with van der Waals surface area (Å²) >= 11 is 0. The number of nitrogens with zero attached hydrogens (tertiary/aromatic N) is 3. The quantitative estimate of drug-likeness (QED) is 0.265. The lowest BCUT2D eigenvalue weighted by Crippen LogP contribution is -2.41. The maximum absolute atomic E-state index is 12.3. The number of carboxylic acids is 2. The molecule has 0 saturated carbocycles. The van der Waals surface area contributed by atoms with Gasteiger partial charge in [0.1, 0.15) is 6.04 Å². The highest BCUT2D eigenvalue weighted by atomic mass is 16.4. The number of benzene rings is 1. The standard InChI is InChI=1S/C19H19N7O6/c20-19-25-15-14(17(30)26-19)23-11(8-22-15)7-21-10-3-1-9(2-4-10)16(29)24-12(18(31)32)5-6-13(27)28/h1-4,8,12,21H,5-7H2,(H,24,29)(H,27,28)(H,31,32)(H3,20,22,25,26,30)/p+4/t12-/m0/s1. The molecule has 13 nitrogen and oxygen atoms in total. The molecule has 0 radical (unpaired) electrons. The van der Waals surface area contributed by atoms with Gasteiger partial charge in [-0.3, -0.25) is 14.4 Å². The van der Waals surface area contributed by atoms with Gasteiger partial charge in [-0.2, -0.15) is 4.98 Å². The molecular weight excluding hydrogens is 422 g/mol. The number of carbonyl (C=O) groups excluding carboxylic acids is 1. The van der Waals surface area contributed by atoms with Crippen molar-refractivity contribution in [1.82, 2.24) is 25.3 Å². The number of anilines is 2. The lowest BCUT2D eigenvalue weighted by Gasteiger charge is -2.14. The number of aliphatic carboxylic acids is 2. The first-order chi connectivity index (χ1) is 15.2. The van der Waals surface area contributed by atoms with Crippen LogP contribution in [-0.2, 0) is 16.1 Å². The lowest BCUT2D eigenvalue weighted by atomic mass is 10.1. The fraction of sp³-hybridized carbons (Fsp3) is 0.211. The third-order valence-corrected chi connectivity index (χ3v) is 4.36. The first-order valence-electron chi connectivity index (χ1n) is 9.33. The largest absolute Gasteiger partial charge is 1.00 e. The van der Waals surface area contributed by atoms with Gasteiger partial charge in [0.15, 0.2) is 11.2 Å². The van der Waals surface area contributed by atoms with Gasteiger partial charge in [-0.25, -0.2) is 14.8 Å². The van der Waals surface area contributed by atoms with E-state index in [0.717, 1.165) is 0 Å². The van der Waals surface area contributed by atoms with Gasteiger partial charge in [0.2, 0.25) is 5.95 Å². The summed E-state index contributed by atoms with van der Waals surface area (Å²) in [6.07, 6.45) is 0.858. The van der Waals surface area contributed by atoms with Crippen molar-refractivity contribution in [1.29, 1.82) is 0 Å². The van der Waals surface area contributed by atoms with Crippen molar-refractivity contribution in [3.63, 3.8) is 0 Å². The van der Waals surface area contributed by atoms with Crippen LogP contribution in [0.3, 0.4) is 0 Å². The highest BCUT2D eigenvalue weighted by Gasteiger charge is 2.21. The van der Waals surface area contributed by atoms with Crippen LogP contribution in [0.15, 0.2) is 35.3 Å². The average molecular weight is 445 g/mol. The molecule has 32 heavy (non-hydrogen) atoms. The number of H-pyrrole nitrogens is 1. The van der Waals surface area contributed by atoms with Gasteiger partial charge in [0.25, 0.3) is 5.91 Å². The Hall–Kier alpha value is -4.55. The summed E-state index contributed by atoms with van der Waals surface area (Å²) in [5, 5.41) is 23.2. The first kappa shape index (κ1) is 22.1. The number of aromatic amines is 1. The second kappa shape index (κ2) is 9.51. The molecule has 3 rings (SSSR count). The summed E-state index contributed by atoms with van der Waals surface area (Å²) in [6.45, 7) is 0.231. The summed E-state index contributed by atoms with van der Waals surface area (Å²) in [4.78, 5) is 60.5. The molecule has 2 heterocycles. The van der Waals surface area contributed by atoms with Crippen LogP contribution >= 0.6 is 0 Å². The van der Waals surface area contributed by atoms with Crippen molar-refractivity contribution in [3.05, 3.63) is 52.1 Å². The lowest BCUT2D eigenvalue weighted by molar-refractivity contribution is -0.140. The minimum Gasteiger partial charge on any atom is -0.481 e. The number of hydrogen-bond donors (Lipinski definition) is 6. The summed E-state index contributed by atoms with van der Waals surface area (Å²) in [6, 6.07) is 4.86. The maximum Gasteiger partial charge on any atom is 1.00 e. The van der Waals surface area contributed by atoms with E-state index in [9.17, 15) is 19.2 Å². The third kappa shape index (κ3) is 5.53. The molecule has 1 aromatic carbocycles. The van der Waals surface area contributed by atoms with Gasteiger partial charge in [-0.15, -0.1) is 0 Å². The molecule has 0 spiro atoms. The van der Waals surface area contributed by atoms with Crippen LogP contribution in [0.1, 0.15) is 34.6 Å². The van der Waals surface area contributed by atoms with Crippen molar-refractivity contribution in [3.8, 4) is 0 Å². The maximum atomic E-state index is 12.3. The summed E-state index contributed by atoms with van der Waals surface area (Å²) in [5.41, 5.74) is 6.47. The Kier molecular flexibility index (Phi) is 6.58. The Morgan fingerprint density at radius 2 is 1.88 bits per heavy atom. The van der Waals surface area contributed by atoms with Crippen molar-refractivity contribution < 1.29 is 30.3 Å². The Bertz CT molecular complexity index is 1240. The number of nitrogen functional groups attached to an aromatic ring is 1. The number of aromatic nitrogens is 4. The SMILES string of the molecule is Nc1nc(=O)c2nc(CNc3ccc(C(=O)N[C@@H](CCC(=O)O)C(=O)O)cc3)cnc2[nH]1.[H+].[H+].[H+].[H+]. The van der Waals surface area contributed by atoms with E-state index in [2.05, 4.69) is 30.6 Å². The Balaban J connectivity index is 0. The van der Waals surface area contributed by atoms with Gasteiger partial charge >= 0.3 is 23.2 Å². The zero-order valence-corrected chi connectivity index (χ0v) is 16.5. The van der Waals surface area contributed by atoms with Crippen LogP contribution in [0.2, 0.25) is 0 Å². The van der Waals surface area contributed by atoms with Crippen LogP contribution in [0.25, 0.3) is 11.2 Å². The van der Waals surface area contributed by atoms with Crippen LogP contribution in [0.5, 0.6) is 0 Å². The smallest absolute Gasteiger partial charge is 0.481 e. The van der Waals surface area contributed by atoms with E-state index < -0.39 is 29.4 Å². The molecule has 1 amide bonds. The van der Waals surface area contributed by atoms with Crippen molar-refractivity contribution >= 4 is 40.6 Å². The van der Waals surface area contributed by atoms with Gasteiger partial charge in [0.05, 0.1) is 18.4 Å². The number of rotatable bonds is 9. The van der Waals surface area contributed by atoms with E-state index in [0.29, 0.717) is 11.4 Å². The van der Waals surface area contributed by atoms with Crippen LogP contribution in [0.4, 0.5) is 11.6 Å². The number of carbonyl (C=O) groups is 3. The number of nitrogens with two attached hydrogens (primary N) is 1. The molecule has 0 aliphatic carbocycles. The van der Waals surface area contributed by atoms with Crippen LogP contribution in [0, 0.1) is 0 Å². The summed E-state index contributed by atoms with van der Waals surface area (Å²) in [5.74, 6) is -3.16. The van der Waals surface area contributed by atoms with Crippen LogP contribution < -0.4 is 21.9 Å². The van der Waals surface area contributed by atoms with Crippen LogP contribution in [-0.4, -0.2) is 54.0 Å². The Morgan fingerprint density at radius 1 is 1.16 bits per heavy atom. The van der Waals surface area contributed by atoms with Gasteiger partial charge in [0, 0.05) is 17.7 Å². The fourth-order valence-electron chi connectivity index (χ4n) is 2.76. The minimum atomic E-state index is -1.31. The average Bonchev–Trinajstić information content (AvgIpc) is 2.75. The van der Waals surface area contributed by atoms with E-state index in [-0.39, 0.29) is 47.8 Å². The number of hydrogen-bond acceptors (Lipinski definition) is 9. The molecule has 1 atom stereocenters. The number of amides is 1. The molecule has 0 aliphatic rings. The zero-order valence-electron chi connectivity index (χ0n) is 20.5. The molecule has 0 aliphatic heterocycles. The van der Waals surface area contributed by atoms with Gasteiger partial charge in [-0.1, -0.05) is 0 Å². The molecule has 3 aromatic rings. The highest BCUT2D eigenvalue weighted by Crippen LogP contribution is 2.12. The van der Waals surface area contributed by atoms with Crippen molar-refractivity contribution in [2.24, 2.45) is 0 Å². The fourth-order valence-corrected chi connectivity index (χ4v) is 2.76. The molecule has 7 N–H and O–H groups in total. The highest BCUT2D eigenvalue weighted by molar-refractivity contribution is 5.96. The summed E-state index contributed by atoms with van der Waals surface area (Å²) < 4.78 is 0. The predicted octanol–water partition coefficient (Wildman–Crippen LogP) is 0.405. The Morgan fingerprint density at radius 3 is 2.53 bits per heavy atom. The topological polar surface area (TPSA) is 213 Å². The number of fused-ring (bicyclic) bond motifs is 1. The van der Waals surface area contributed by atoms with E-state index >= 15 is 0 Å². The monoisotopic (exact) mass is 445 g/mol. The molecule has 2 aromatic heterocycles. The molecule has 0 unspecified atom stereocenters. The zero-order chi connectivity index (χ0) is 23.3. The molecular formula is C19H23N7O6+4. The Labute approximate surface area is 185 Å². The van der Waals surface area contributed by atoms with E-state index in [1.807, 2.05) is 0 Å². The normalized spacial score (nSPS) is 11.6. The van der Waals surface area contributed by atoms with Crippen molar-refractivity contribution in [2.75, 3.05) is 11.1 Å². The molecule has 0 saturated heterocycles.